The molecule has 0 atom stereocenters. The third kappa shape index (κ3) is 3.82. The van der Waals surface area contributed by atoms with E-state index in [0.717, 1.165) is 38.3 Å². The van der Waals surface area contributed by atoms with Crippen LogP contribution in [0.15, 0.2) is 18.2 Å². The van der Waals surface area contributed by atoms with Gasteiger partial charge in [-0.3, -0.25) is 4.79 Å². The lowest BCUT2D eigenvalue weighted by Crippen LogP contribution is -2.37. The molecule has 1 heterocycles. The molecule has 0 aromatic heterocycles. The minimum atomic E-state index is 0.324. The highest BCUT2D eigenvalue weighted by molar-refractivity contribution is 5.76. The first-order valence-corrected chi connectivity index (χ1v) is 7.40. The molecule has 1 amide bonds. The first-order chi connectivity index (χ1) is 9.06. The van der Waals surface area contributed by atoms with Gasteiger partial charge < -0.3 is 4.90 Å². The standard InChI is InChI=1S/C17H25NO/c1-13-8-10-18(11-9-13)17(19)7-6-16-5-4-14(2)15(3)12-16/h4-5,12-13H,6-11H2,1-3H3. The normalized spacial score (nSPS) is 16.7. The van der Waals surface area contributed by atoms with Gasteiger partial charge in [0.2, 0.25) is 5.91 Å². The minimum Gasteiger partial charge on any atom is -0.343 e. The largest absolute Gasteiger partial charge is 0.343 e. The van der Waals surface area contributed by atoms with Gasteiger partial charge in [0, 0.05) is 19.5 Å². The average Bonchev–Trinajstić information content (AvgIpc) is 2.40. The van der Waals surface area contributed by atoms with Gasteiger partial charge in [-0.15, -0.1) is 0 Å². The Kier molecular flexibility index (Phi) is 4.62. The number of carbonyl (C=O) groups excluding carboxylic acids is 1. The van der Waals surface area contributed by atoms with E-state index in [1.54, 1.807) is 0 Å². The summed E-state index contributed by atoms with van der Waals surface area (Å²) in [6.45, 7) is 8.43. The van der Waals surface area contributed by atoms with Crippen molar-refractivity contribution in [1.82, 2.24) is 4.90 Å². The molecule has 2 heteroatoms. The van der Waals surface area contributed by atoms with Gasteiger partial charge >= 0.3 is 0 Å². The molecule has 2 nitrogen and oxygen atoms in total. The summed E-state index contributed by atoms with van der Waals surface area (Å²) < 4.78 is 0. The minimum absolute atomic E-state index is 0.324. The molecule has 0 unspecified atom stereocenters. The molecule has 0 radical (unpaired) electrons. The van der Waals surface area contributed by atoms with Crippen molar-refractivity contribution in [2.24, 2.45) is 5.92 Å². The van der Waals surface area contributed by atoms with E-state index in [2.05, 4.69) is 39.0 Å². The lowest BCUT2D eigenvalue weighted by molar-refractivity contribution is -0.132. The van der Waals surface area contributed by atoms with Crippen molar-refractivity contribution in [2.75, 3.05) is 13.1 Å². The predicted molar refractivity (Wildman–Crippen MR) is 79.2 cm³/mol. The van der Waals surface area contributed by atoms with Crippen LogP contribution in [0.2, 0.25) is 0 Å². The first kappa shape index (κ1) is 14.1. The number of amides is 1. The van der Waals surface area contributed by atoms with Crippen LogP contribution in [0, 0.1) is 19.8 Å². The number of hydrogen-bond acceptors (Lipinski definition) is 1. The maximum absolute atomic E-state index is 12.2. The van der Waals surface area contributed by atoms with Crippen LogP contribution in [-0.2, 0) is 11.2 Å². The number of nitrogens with zero attached hydrogens (tertiary/aromatic N) is 1. The van der Waals surface area contributed by atoms with Crippen molar-refractivity contribution in [3.63, 3.8) is 0 Å². The number of hydrogen-bond donors (Lipinski definition) is 0. The molecule has 0 aliphatic carbocycles. The Hall–Kier alpha value is -1.31. The van der Waals surface area contributed by atoms with Crippen molar-refractivity contribution in [2.45, 2.75) is 46.5 Å². The zero-order valence-corrected chi connectivity index (χ0v) is 12.4. The van der Waals surface area contributed by atoms with Crippen molar-refractivity contribution in [3.05, 3.63) is 34.9 Å². The highest BCUT2D eigenvalue weighted by Crippen LogP contribution is 2.17. The number of benzene rings is 1. The Morgan fingerprint density at radius 1 is 1.21 bits per heavy atom. The van der Waals surface area contributed by atoms with Gasteiger partial charge in [-0.25, -0.2) is 0 Å². The molecular weight excluding hydrogens is 234 g/mol. The summed E-state index contributed by atoms with van der Waals surface area (Å²) in [6, 6.07) is 6.51. The number of likely N-dealkylation sites (tertiary alicyclic amines) is 1. The van der Waals surface area contributed by atoms with Gasteiger partial charge in [0.05, 0.1) is 0 Å². The van der Waals surface area contributed by atoms with Crippen molar-refractivity contribution in [1.29, 1.82) is 0 Å². The van der Waals surface area contributed by atoms with E-state index in [0.29, 0.717) is 12.3 Å². The number of carbonyl (C=O) groups is 1. The van der Waals surface area contributed by atoms with Gasteiger partial charge in [0.25, 0.3) is 0 Å². The third-order valence-electron chi connectivity index (χ3n) is 4.34. The third-order valence-corrected chi connectivity index (χ3v) is 4.34. The van der Waals surface area contributed by atoms with Crippen LogP contribution in [0.4, 0.5) is 0 Å². The fourth-order valence-corrected chi connectivity index (χ4v) is 2.63. The van der Waals surface area contributed by atoms with Crippen molar-refractivity contribution < 1.29 is 4.79 Å². The monoisotopic (exact) mass is 259 g/mol. The number of aryl methyl sites for hydroxylation is 3. The van der Waals surface area contributed by atoms with Gasteiger partial charge in [0.15, 0.2) is 0 Å². The summed E-state index contributed by atoms with van der Waals surface area (Å²) in [7, 11) is 0. The predicted octanol–water partition coefficient (Wildman–Crippen LogP) is 3.49. The molecule has 2 rings (SSSR count). The molecule has 1 aromatic carbocycles. The molecule has 104 valence electrons. The second kappa shape index (κ2) is 6.23. The van der Waals surface area contributed by atoms with E-state index in [9.17, 15) is 4.79 Å². The maximum Gasteiger partial charge on any atom is 0.222 e. The van der Waals surface area contributed by atoms with Gasteiger partial charge in [-0.1, -0.05) is 25.1 Å². The average molecular weight is 259 g/mol. The van der Waals surface area contributed by atoms with E-state index in [-0.39, 0.29) is 0 Å². The molecule has 0 N–H and O–H groups in total. The van der Waals surface area contributed by atoms with Crippen molar-refractivity contribution >= 4 is 5.91 Å². The summed E-state index contributed by atoms with van der Waals surface area (Å²) in [5.41, 5.74) is 3.92. The number of rotatable bonds is 3. The summed E-state index contributed by atoms with van der Waals surface area (Å²) in [5, 5.41) is 0. The lowest BCUT2D eigenvalue weighted by atomic mass is 9.98. The first-order valence-electron chi connectivity index (χ1n) is 7.40. The van der Waals surface area contributed by atoms with Crippen molar-refractivity contribution in [3.8, 4) is 0 Å². The summed E-state index contributed by atoms with van der Waals surface area (Å²) >= 11 is 0. The van der Waals surface area contributed by atoms with Gasteiger partial charge in [-0.2, -0.15) is 0 Å². The van der Waals surface area contributed by atoms with Crippen LogP contribution in [0.5, 0.6) is 0 Å². The Bertz CT molecular complexity index is 445. The van der Waals surface area contributed by atoms with Crippen LogP contribution in [0.3, 0.4) is 0 Å². The smallest absolute Gasteiger partial charge is 0.222 e. The van der Waals surface area contributed by atoms with Gasteiger partial charge in [0.1, 0.15) is 0 Å². The summed E-state index contributed by atoms with van der Waals surface area (Å²) in [5.74, 6) is 1.11. The summed E-state index contributed by atoms with van der Waals surface area (Å²) in [6.07, 6.45) is 3.84. The topological polar surface area (TPSA) is 20.3 Å². The molecule has 0 saturated carbocycles. The van der Waals surface area contributed by atoms with E-state index in [4.69, 9.17) is 0 Å². The Morgan fingerprint density at radius 3 is 2.53 bits per heavy atom. The van der Waals surface area contributed by atoms with Crippen LogP contribution in [-0.4, -0.2) is 23.9 Å². The molecule has 0 bridgehead atoms. The fourth-order valence-electron chi connectivity index (χ4n) is 2.63. The fraction of sp³-hybridized carbons (Fsp3) is 0.588. The second-order valence-corrected chi connectivity index (χ2v) is 5.98. The maximum atomic E-state index is 12.2. The molecule has 1 saturated heterocycles. The molecule has 1 fully saturated rings. The van der Waals surface area contributed by atoms with Crippen LogP contribution < -0.4 is 0 Å². The van der Waals surface area contributed by atoms with Crippen LogP contribution >= 0.6 is 0 Å². The zero-order valence-electron chi connectivity index (χ0n) is 12.4. The molecule has 19 heavy (non-hydrogen) atoms. The SMILES string of the molecule is Cc1ccc(CCC(=O)N2CCC(C)CC2)cc1C. The van der Waals surface area contributed by atoms with E-state index in [1.807, 2.05) is 4.90 Å². The van der Waals surface area contributed by atoms with Crippen LogP contribution in [0.25, 0.3) is 0 Å². The Balaban J connectivity index is 1.84. The van der Waals surface area contributed by atoms with E-state index in [1.165, 1.54) is 16.7 Å². The Labute approximate surface area is 116 Å². The highest BCUT2D eigenvalue weighted by atomic mass is 16.2. The Morgan fingerprint density at radius 2 is 1.89 bits per heavy atom. The van der Waals surface area contributed by atoms with Gasteiger partial charge in [-0.05, 0) is 55.7 Å². The molecular formula is C17H25NO. The molecule has 0 spiro atoms. The van der Waals surface area contributed by atoms with E-state index < -0.39 is 0 Å². The molecule has 1 aliphatic heterocycles. The van der Waals surface area contributed by atoms with E-state index >= 15 is 0 Å². The van der Waals surface area contributed by atoms with Crippen LogP contribution in [0.1, 0.15) is 42.9 Å². The molecule has 1 aromatic rings. The lowest BCUT2D eigenvalue weighted by Gasteiger charge is -2.30. The quantitative estimate of drug-likeness (QED) is 0.813. The number of piperidine rings is 1. The molecule has 1 aliphatic rings. The zero-order chi connectivity index (χ0) is 13.8. The second-order valence-electron chi connectivity index (χ2n) is 5.98. The highest BCUT2D eigenvalue weighted by Gasteiger charge is 2.19. The summed E-state index contributed by atoms with van der Waals surface area (Å²) in [4.78, 5) is 14.2.